The summed E-state index contributed by atoms with van der Waals surface area (Å²) in [7, 11) is -4.17. The molecule has 0 saturated carbocycles. The SMILES string of the molecule is O=S(=O)(c1cccc(OC(F)(F)F)c1)n1cc(N2CCNCC2)c2ncccc21. The van der Waals surface area contributed by atoms with Gasteiger partial charge in [-0.1, -0.05) is 6.07 Å². The molecule has 1 aliphatic rings. The van der Waals surface area contributed by atoms with Gasteiger partial charge in [-0.2, -0.15) is 0 Å². The molecule has 3 heterocycles. The molecule has 3 aromatic rings. The molecule has 0 radical (unpaired) electrons. The average Bonchev–Trinajstić information content (AvgIpc) is 3.08. The van der Waals surface area contributed by atoms with E-state index in [0.717, 1.165) is 29.2 Å². The second kappa shape index (κ2) is 7.23. The van der Waals surface area contributed by atoms with Crippen LogP contribution in [0.1, 0.15) is 0 Å². The number of hydrogen-bond donors (Lipinski definition) is 1. The molecule has 7 nitrogen and oxygen atoms in total. The van der Waals surface area contributed by atoms with Crippen molar-refractivity contribution in [2.75, 3.05) is 31.1 Å². The number of aromatic nitrogens is 2. The number of rotatable bonds is 4. The van der Waals surface area contributed by atoms with Gasteiger partial charge in [0.1, 0.15) is 11.3 Å². The van der Waals surface area contributed by atoms with Crippen LogP contribution in [0.5, 0.6) is 5.75 Å². The highest BCUT2D eigenvalue weighted by atomic mass is 32.2. The first-order valence-electron chi connectivity index (χ1n) is 8.79. The summed E-state index contributed by atoms with van der Waals surface area (Å²) in [5.41, 5.74) is 1.53. The molecule has 29 heavy (non-hydrogen) atoms. The Hall–Kier alpha value is -2.79. The van der Waals surface area contributed by atoms with E-state index in [9.17, 15) is 21.6 Å². The molecule has 1 saturated heterocycles. The molecule has 0 aliphatic carbocycles. The minimum atomic E-state index is -4.91. The first-order valence-corrected chi connectivity index (χ1v) is 10.2. The number of fused-ring (bicyclic) bond motifs is 1. The molecule has 154 valence electrons. The highest BCUT2D eigenvalue weighted by Gasteiger charge is 2.32. The second-order valence-electron chi connectivity index (χ2n) is 6.45. The Morgan fingerprint density at radius 2 is 1.86 bits per heavy atom. The lowest BCUT2D eigenvalue weighted by atomic mass is 10.3. The summed E-state index contributed by atoms with van der Waals surface area (Å²) in [6.07, 6.45) is -1.87. The summed E-state index contributed by atoms with van der Waals surface area (Å²) in [4.78, 5) is 6.05. The van der Waals surface area contributed by atoms with Crippen molar-refractivity contribution >= 4 is 26.7 Å². The molecular weight excluding hydrogens is 409 g/mol. The maximum absolute atomic E-state index is 13.2. The van der Waals surface area contributed by atoms with Crippen LogP contribution in [-0.4, -0.2) is 49.9 Å². The zero-order chi connectivity index (χ0) is 20.6. The van der Waals surface area contributed by atoms with Gasteiger partial charge in [0.25, 0.3) is 10.0 Å². The Morgan fingerprint density at radius 1 is 1.10 bits per heavy atom. The summed E-state index contributed by atoms with van der Waals surface area (Å²) in [5.74, 6) is -0.601. The van der Waals surface area contributed by atoms with Gasteiger partial charge < -0.3 is 15.0 Å². The fraction of sp³-hybridized carbons (Fsp3) is 0.278. The van der Waals surface area contributed by atoms with Gasteiger partial charge >= 0.3 is 6.36 Å². The maximum atomic E-state index is 13.2. The molecule has 2 aromatic heterocycles. The molecule has 1 aromatic carbocycles. The Bertz CT molecular complexity index is 1140. The molecule has 1 N–H and O–H groups in total. The summed E-state index contributed by atoms with van der Waals surface area (Å²) in [5, 5.41) is 3.23. The first kappa shape index (κ1) is 19.5. The van der Waals surface area contributed by atoms with Gasteiger partial charge in [-0.3, -0.25) is 4.98 Å². The maximum Gasteiger partial charge on any atom is 0.573 e. The van der Waals surface area contributed by atoms with Crippen LogP contribution in [-0.2, 0) is 10.0 Å². The van der Waals surface area contributed by atoms with Crippen LogP contribution in [0.15, 0.2) is 53.7 Å². The van der Waals surface area contributed by atoms with Crippen molar-refractivity contribution in [3.63, 3.8) is 0 Å². The lowest BCUT2D eigenvalue weighted by Crippen LogP contribution is -2.43. The van der Waals surface area contributed by atoms with E-state index in [1.54, 1.807) is 18.3 Å². The third-order valence-corrected chi connectivity index (χ3v) is 6.23. The fourth-order valence-electron chi connectivity index (χ4n) is 3.30. The topological polar surface area (TPSA) is 76.5 Å². The van der Waals surface area contributed by atoms with Crippen LogP contribution in [0.2, 0.25) is 0 Å². The van der Waals surface area contributed by atoms with E-state index in [2.05, 4.69) is 15.0 Å². The number of pyridine rings is 1. The molecule has 0 unspecified atom stereocenters. The second-order valence-corrected chi connectivity index (χ2v) is 8.26. The van der Waals surface area contributed by atoms with Crippen LogP contribution in [0.4, 0.5) is 18.9 Å². The van der Waals surface area contributed by atoms with Crippen molar-refractivity contribution in [1.82, 2.24) is 14.3 Å². The number of halogens is 3. The molecule has 0 bridgehead atoms. The van der Waals surface area contributed by atoms with Crippen LogP contribution in [0, 0.1) is 0 Å². The number of nitrogens with one attached hydrogen (secondary N) is 1. The third kappa shape index (κ3) is 3.87. The highest BCUT2D eigenvalue weighted by Crippen LogP contribution is 2.32. The van der Waals surface area contributed by atoms with Crippen molar-refractivity contribution in [3.05, 3.63) is 48.8 Å². The Labute approximate surface area is 164 Å². The average molecular weight is 426 g/mol. The quantitative estimate of drug-likeness (QED) is 0.691. The Balaban J connectivity index is 1.81. The molecular formula is C18H17F3N4O3S. The number of piperazine rings is 1. The van der Waals surface area contributed by atoms with E-state index in [1.807, 2.05) is 4.90 Å². The van der Waals surface area contributed by atoms with Gasteiger partial charge in [0.05, 0.1) is 16.1 Å². The minimum absolute atomic E-state index is 0.313. The monoisotopic (exact) mass is 426 g/mol. The standard InChI is InChI=1S/C18H17F3N4O3S/c19-18(20,21)28-13-3-1-4-14(11-13)29(26,27)25-12-16(24-9-7-22-8-10-24)17-15(25)5-2-6-23-17/h1-6,11-12,22H,7-10H2. The molecule has 0 amide bonds. The smallest absolute Gasteiger partial charge is 0.406 e. The summed E-state index contributed by atoms with van der Waals surface area (Å²) >= 11 is 0. The van der Waals surface area contributed by atoms with E-state index in [1.165, 1.54) is 18.3 Å². The van der Waals surface area contributed by atoms with Gasteiger partial charge in [-0.15, -0.1) is 13.2 Å². The minimum Gasteiger partial charge on any atom is -0.406 e. The Morgan fingerprint density at radius 3 is 2.59 bits per heavy atom. The van der Waals surface area contributed by atoms with Crippen molar-refractivity contribution in [1.29, 1.82) is 0 Å². The largest absolute Gasteiger partial charge is 0.573 e. The van der Waals surface area contributed by atoms with E-state index in [0.29, 0.717) is 29.8 Å². The molecule has 1 fully saturated rings. The third-order valence-electron chi connectivity index (χ3n) is 4.56. The number of nitrogens with zero attached hydrogens (tertiary/aromatic N) is 3. The molecule has 11 heteroatoms. The van der Waals surface area contributed by atoms with Crippen LogP contribution < -0.4 is 15.0 Å². The molecule has 1 aliphatic heterocycles. The van der Waals surface area contributed by atoms with Crippen LogP contribution >= 0.6 is 0 Å². The van der Waals surface area contributed by atoms with Gasteiger partial charge in [0, 0.05) is 44.6 Å². The molecule has 4 rings (SSSR count). The van der Waals surface area contributed by atoms with Crippen LogP contribution in [0.3, 0.4) is 0 Å². The Kier molecular flexibility index (Phi) is 4.87. The lowest BCUT2D eigenvalue weighted by molar-refractivity contribution is -0.274. The number of hydrogen-bond acceptors (Lipinski definition) is 6. The van der Waals surface area contributed by atoms with Crippen molar-refractivity contribution in [2.45, 2.75) is 11.3 Å². The summed E-state index contributed by atoms with van der Waals surface area (Å²) in [6, 6.07) is 7.56. The highest BCUT2D eigenvalue weighted by molar-refractivity contribution is 7.90. The van der Waals surface area contributed by atoms with Gasteiger partial charge in [0.15, 0.2) is 0 Å². The van der Waals surface area contributed by atoms with Gasteiger partial charge in [0.2, 0.25) is 0 Å². The zero-order valence-corrected chi connectivity index (χ0v) is 15.9. The number of alkyl halides is 3. The number of benzene rings is 1. The van der Waals surface area contributed by atoms with Crippen molar-refractivity contribution in [2.24, 2.45) is 0 Å². The number of ether oxygens (including phenoxy) is 1. The van der Waals surface area contributed by atoms with E-state index in [4.69, 9.17) is 0 Å². The van der Waals surface area contributed by atoms with Gasteiger partial charge in [-0.25, -0.2) is 12.4 Å². The van der Waals surface area contributed by atoms with E-state index in [-0.39, 0.29) is 4.90 Å². The lowest BCUT2D eigenvalue weighted by Gasteiger charge is -2.28. The normalized spacial score (nSPS) is 15.6. The van der Waals surface area contributed by atoms with Crippen molar-refractivity contribution in [3.8, 4) is 5.75 Å². The predicted octanol–water partition coefficient (Wildman–Crippen LogP) is 2.58. The van der Waals surface area contributed by atoms with Crippen molar-refractivity contribution < 1.29 is 26.3 Å². The molecule has 0 spiro atoms. The summed E-state index contributed by atoms with van der Waals surface area (Å²) in [6.45, 7) is 2.88. The fourth-order valence-corrected chi connectivity index (χ4v) is 4.68. The van der Waals surface area contributed by atoms with E-state index < -0.39 is 22.1 Å². The molecule has 0 atom stereocenters. The predicted molar refractivity (Wildman–Crippen MR) is 101 cm³/mol. The van der Waals surface area contributed by atoms with Gasteiger partial charge in [-0.05, 0) is 24.3 Å². The first-order chi connectivity index (χ1) is 13.8. The number of anilines is 1. The van der Waals surface area contributed by atoms with Crippen LogP contribution in [0.25, 0.3) is 11.0 Å². The zero-order valence-electron chi connectivity index (χ0n) is 15.1. The summed E-state index contributed by atoms with van der Waals surface area (Å²) < 4.78 is 68.9. The van der Waals surface area contributed by atoms with E-state index >= 15 is 0 Å².